The van der Waals surface area contributed by atoms with Crippen molar-refractivity contribution >= 4 is 5.91 Å². The van der Waals surface area contributed by atoms with Gasteiger partial charge in [-0.15, -0.1) is 0 Å². The van der Waals surface area contributed by atoms with Gasteiger partial charge < -0.3 is 15.0 Å². The van der Waals surface area contributed by atoms with Gasteiger partial charge in [0, 0.05) is 26.4 Å². The van der Waals surface area contributed by atoms with E-state index in [2.05, 4.69) is 10.3 Å². The van der Waals surface area contributed by atoms with Gasteiger partial charge in [0.1, 0.15) is 0 Å². The van der Waals surface area contributed by atoms with Crippen molar-refractivity contribution in [3.63, 3.8) is 0 Å². The third-order valence-corrected chi connectivity index (χ3v) is 3.32. The number of hydrogen-bond acceptors (Lipinski definition) is 4. The lowest BCUT2D eigenvalue weighted by Crippen LogP contribution is -2.30. The normalized spacial score (nSPS) is 16.1. The molecular formula is C14H21N3O2. The Hall–Kier alpha value is -1.62. The van der Waals surface area contributed by atoms with Gasteiger partial charge in [0.05, 0.1) is 12.2 Å². The van der Waals surface area contributed by atoms with Crippen molar-refractivity contribution in [3.05, 3.63) is 23.9 Å². The van der Waals surface area contributed by atoms with Gasteiger partial charge in [-0.05, 0) is 37.9 Å². The Bertz CT molecular complexity index is 411. The van der Waals surface area contributed by atoms with Gasteiger partial charge >= 0.3 is 0 Å². The second-order valence-corrected chi connectivity index (χ2v) is 5.09. The van der Waals surface area contributed by atoms with Crippen LogP contribution in [0.5, 0.6) is 5.88 Å². The second-order valence-electron chi connectivity index (χ2n) is 5.09. The van der Waals surface area contributed by atoms with Crippen LogP contribution in [0.1, 0.15) is 23.2 Å². The van der Waals surface area contributed by atoms with Gasteiger partial charge in [0.2, 0.25) is 5.88 Å². The third kappa shape index (κ3) is 3.92. The minimum absolute atomic E-state index is 0.0441. The van der Waals surface area contributed by atoms with E-state index >= 15 is 0 Å². The first-order chi connectivity index (χ1) is 9.16. The Balaban J connectivity index is 1.86. The fourth-order valence-corrected chi connectivity index (χ4v) is 2.10. The number of piperidine rings is 1. The topological polar surface area (TPSA) is 54.5 Å². The summed E-state index contributed by atoms with van der Waals surface area (Å²) < 4.78 is 5.68. The molecule has 1 fully saturated rings. The second kappa shape index (κ2) is 6.52. The molecule has 19 heavy (non-hydrogen) atoms. The molecule has 104 valence electrons. The SMILES string of the molecule is CN(C)C(=O)c1ccc(OCC2CCNCC2)nc1. The first kappa shape index (κ1) is 13.8. The number of ether oxygens (including phenoxy) is 1. The van der Waals surface area contributed by atoms with Crippen LogP contribution in [0.2, 0.25) is 0 Å². The van der Waals surface area contributed by atoms with E-state index in [1.807, 2.05) is 0 Å². The van der Waals surface area contributed by atoms with Gasteiger partial charge in [0.15, 0.2) is 0 Å². The maximum atomic E-state index is 11.7. The molecule has 1 aromatic heterocycles. The molecule has 0 bridgehead atoms. The van der Waals surface area contributed by atoms with Crippen LogP contribution in [0.15, 0.2) is 18.3 Å². The molecule has 0 unspecified atom stereocenters. The lowest BCUT2D eigenvalue weighted by molar-refractivity contribution is 0.0827. The fourth-order valence-electron chi connectivity index (χ4n) is 2.10. The molecule has 5 nitrogen and oxygen atoms in total. The number of nitrogens with zero attached hydrogens (tertiary/aromatic N) is 2. The Kier molecular flexibility index (Phi) is 4.74. The molecule has 1 N–H and O–H groups in total. The van der Waals surface area contributed by atoms with Crippen molar-refractivity contribution in [2.24, 2.45) is 5.92 Å². The summed E-state index contributed by atoms with van der Waals surface area (Å²) in [7, 11) is 3.45. The molecule has 0 radical (unpaired) electrons. The van der Waals surface area contributed by atoms with E-state index in [1.54, 1.807) is 32.4 Å². The molecule has 1 amide bonds. The summed E-state index contributed by atoms with van der Waals surface area (Å²) in [5, 5.41) is 3.33. The molecule has 0 spiro atoms. The molecule has 0 aliphatic carbocycles. The summed E-state index contributed by atoms with van der Waals surface area (Å²) in [5.41, 5.74) is 0.583. The van der Waals surface area contributed by atoms with Gasteiger partial charge in [-0.3, -0.25) is 4.79 Å². The minimum atomic E-state index is -0.0441. The number of rotatable bonds is 4. The highest BCUT2D eigenvalue weighted by molar-refractivity contribution is 5.93. The van der Waals surface area contributed by atoms with Gasteiger partial charge in [-0.1, -0.05) is 0 Å². The number of hydrogen-bond donors (Lipinski definition) is 1. The van der Waals surface area contributed by atoms with Crippen molar-refractivity contribution in [2.45, 2.75) is 12.8 Å². The Morgan fingerprint density at radius 3 is 2.74 bits per heavy atom. The molecule has 1 aliphatic heterocycles. The zero-order chi connectivity index (χ0) is 13.7. The predicted octanol–water partition coefficient (Wildman–Crippen LogP) is 1.16. The highest BCUT2D eigenvalue weighted by Crippen LogP contribution is 2.15. The van der Waals surface area contributed by atoms with Crippen LogP contribution in [0.25, 0.3) is 0 Å². The maximum absolute atomic E-state index is 11.7. The van der Waals surface area contributed by atoms with Crippen LogP contribution in [0, 0.1) is 5.92 Å². The zero-order valence-corrected chi connectivity index (χ0v) is 11.6. The van der Waals surface area contributed by atoms with Crippen molar-refractivity contribution in [3.8, 4) is 5.88 Å². The molecule has 1 aliphatic rings. The molecule has 0 atom stereocenters. The predicted molar refractivity (Wildman–Crippen MR) is 73.3 cm³/mol. The summed E-state index contributed by atoms with van der Waals surface area (Å²) in [5.74, 6) is 1.15. The van der Waals surface area contributed by atoms with Crippen LogP contribution in [0.3, 0.4) is 0 Å². The first-order valence-corrected chi connectivity index (χ1v) is 6.68. The number of aromatic nitrogens is 1. The van der Waals surface area contributed by atoms with Crippen molar-refractivity contribution in [1.29, 1.82) is 0 Å². The van der Waals surface area contributed by atoms with Gasteiger partial charge in [0.25, 0.3) is 5.91 Å². The van der Waals surface area contributed by atoms with Crippen molar-refractivity contribution in [2.75, 3.05) is 33.8 Å². The molecule has 2 heterocycles. The van der Waals surface area contributed by atoms with E-state index in [0.717, 1.165) is 25.9 Å². The third-order valence-electron chi connectivity index (χ3n) is 3.32. The van der Waals surface area contributed by atoms with E-state index in [0.29, 0.717) is 24.0 Å². The average molecular weight is 263 g/mol. The van der Waals surface area contributed by atoms with E-state index in [4.69, 9.17) is 4.74 Å². The highest BCUT2D eigenvalue weighted by atomic mass is 16.5. The van der Waals surface area contributed by atoms with E-state index < -0.39 is 0 Å². The zero-order valence-electron chi connectivity index (χ0n) is 11.6. The fraction of sp³-hybridized carbons (Fsp3) is 0.571. The minimum Gasteiger partial charge on any atom is -0.477 e. The lowest BCUT2D eigenvalue weighted by atomic mass is 9.99. The Labute approximate surface area is 114 Å². The Morgan fingerprint density at radius 2 is 2.16 bits per heavy atom. The smallest absolute Gasteiger partial charge is 0.254 e. The van der Waals surface area contributed by atoms with Crippen LogP contribution < -0.4 is 10.1 Å². The first-order valence-electron chi connectivity index (χ1n) is 6.68. The highest BCUT2D eigenvalue weighted by Gasteiger charge is 2.14. The molecule has 1 aromatic rings. The van der Waals surface area contributed by atoms with Crippen molar-refractivity contribution in [1.82, 2.24) is 15.2 Å². The number of carbonyl (C=O) groups is 1. The molecule has 1 saturated heterocycles. The van der Waals surface area contributed by atoms with Gasteiger partial charge in [-0.2, -0.15) is 0 Å². The van der Waals surface area contributed by atoms with Crippen LogP contribution >= 0.6 is 0 Å². The monoisotopic (exact) mass is 263 g/mol. The molecule has 2 rings (SSSR count). The Morgan fingerprint density at radius 1 is 1.42 bits per heavy atom. The summed E-state index contributed by atoms with van der Waals surface area (Å²) in [6.07, 6.45) is 3.87. The molecular weight excluding hydrogens is 242 g/mol. The average Bonchev–Trinajstić information content (AvgIpc) is 2.46. The standard InChI is InChI=1S/C14H21N3O2/c1-17(2)14(18)12-3-4-13(16-9-12)19-10-11-5-7-15-8-6-11/h3-4,9,11,15H,5-8,10H2,1-2H3. The quantitative estimate of drug-likeness (QED) is 0.885. The number of pyridine rings is 1. The van der Waals surface area contributed by atoms with E-state index in [1.165, 1.54) is 4.90 Å². The summed E-state index contributed by atoms with van der Waals surface area (Å²) in [6.45, 7) is 2.84. The van der Waals surface area contributed by atoms with Crippen molar-refractivity contribution < 1.29 is 9.53 Å². The summed E-state index contributed by atoms with van der Waals surface area (Å²) in [4.78, 5) is 17.4. The van der Waals surface area contributed by atoms with Crippen LogP contribution in [0.4, 0.5) is 0 Å². The summed E-state index contributed by atoms with van der Waals surface area (Å²) >= 11 is 0. The molecule has 5 heteroatoms. The van der Waals surface area contributed by atoms with Gasteiger partial charge in [-0.25, -0.2) is 4.98 Å². The van der Waals surface area contributed by atoms with E-state index in [9.17, 15) is 4.79 Å². The number of nitrogens with one attached hydrogen (secondary N) is 1. The van der Waals surface area contributed by atoms with E-state index in [-0.39, 0.29) is 5.91 Å². The molecule has 0 saturated carbocycles. The summed E-state index contributed by atoms with van der Waals surface area (Å²) in [6, 6.07) is 3.52. The van der Waals surface area contributed by atoms with Crippen LogP contribution in [-0.2, 0) is 0 Å². The number of amides is 1. The number of carbonyl (C=O) groups excluding carboxylic acids is 1. The lowest BCUT2D eigenvalue weighted by Gasteiger charge is -2.22. The largest absolute Gasteiger partial charge is 0.477 e. The van der Waals surface area contributed by atoms with Crippen LogP contribution in [-0.4, -0.2) is 49.6 Å². The molecule has 0 aromatic carbocycles. The maximum Gasteiger partial charge on any atom is 0.254 e.